The van der Waals surface area contributed by atoms with Gasteiger partial charge in [0.05, 0.1) is 6.54 Å². The van der Waals surface area contributed by atoms with Gasteiger partial charge in [0, 0.05) is 5.56 Å². The fraction of sp³-hybridized carbons (Fsp3) is 0.400. The SMILES string of the molecule is CCCc1c(N)ncnc1NCc1ncon1. The normalized spacial score (nSPS) is 10.4. The van der Waals surface area contributed by atoms with Crippen LogP contribution in [0.15, 0.2) is 17.2 Å². The maximum Gasteiger partial charge on any atom is 0.213 e. The lowest BCUT2D eigenvalue weighted by Gasteiger charge is -2.10. The number of hydrogen-bond donors (Lipinski definition) is 2. The Bertz CT molecular complexity index is 470. The van der Waals surface area contributed by atoms with Crippen molar-refractivity contribution < 1.29 is 4.52 Å². The molecule has 7 heteroatoms. The molecule has 7 nitrogen and oxygen atoms in total. The van der Waals surface area contributed by atoms with E-state index >= 15 is 0 Å². The third-order valence-corrected chi connectivity index (χ3v) is 2.30. The molecule has 0 bridgehead atoms. The van der Waals surface area contributed by atoms with Crippen molar-refractivity contribution in [1.82, 2.24) is 20.1 Å². The van der Waals surface area contributed by atoms with Crippen molar-refractivity contribution in [3.63, 3.8) is 0 Å². The third kappa shape index (κ3) is 2.68. The monoisotopic (exact) mass is 234 g/mol. The summed E-state index contributed by atoms with van der Waals surface area (Å²) < 4.78 is 4.65. The first-order chi connectivity index (χ1) is 8.31. The van der Waals surface area contributed by atoms with Crippen LogP contribution in [0, 0.1) is 0 Å². The van der Waals surface area contributed by atoms with Gasteiger partial charge in [0.25, 0.3) is 0 Å². The molecule has 0 saturated carbocycles. The van der Waals surface area contributed by atoms with E-state index in [1.165, 1.54) is 12.7 Å². The molecule has 0 aliphatic rings. The number of hydrogen-bond acceptors (Lipinski definition) is 7. The van der Waals surface area contributed by atoms with Crippen LogP contribution in [0.5, 0.6) is 0 Å². The van der Waals surface area contributed by atoms with Crippen molar-refractivity contribution in [2.24, 2.45) is 0 Å². The van der Waals surface area contributed by atoms with E-state index in [0.717, 1.165) is 24.2 Å². The van der Waals surface area contributed by atoms with E-state index in [1.807, 2.05) is 0 Å². The zero-order valence-electron chi connectivity index (χ0n) is 9.55. The molecule has 90 valence electrons. The largest absolute Gasteiger partial charge is 0.383 e. The van der Waals surface area contributed by atoms with Gasteiger partial charge in [-0.05, 0) is 6.42 Å². The minimum atomic E-state index is 0.448. The predicted octanol–water partition coefficient (Wildman–Crippen LogP) is 1.01. The molecule has 0 saturated heterocycles. The van der Waals surface area contributed by atoms with Gasteiger partial charge in [-0.25, -0.2) is 9.97 Å². The third-order valence-electron chi connectivity index (χ3n) is 2.30. The molecule has 0 aliphatic heterocycles. The highest BCUT2D eigenvalue weighted by Gasteiger charge is 2.08. The lowest BCUT2D eigenvalue weighted by molar-refractivity contribution is 0.411. The second-order valence-corrected chi connectivity index (χ2v) is 3.54. The molecule has 2 rings (SSSR count). The average Bonchev–Trinajstić information content (AvgIpc) is 2.83. The molecular formula is C10H14N6O. The summed E-state index contributed by atoms with van der Waals surface area (Å²) in [6, 6.07) is 0. The Hall–Kier alpha value is -2.18. The summed E-state index contributed by atoms with van der Waals surface area (Å²) in [6.07, 6.45) is 4.54. The molecule has 0 atom stereocenters. The van der Waals surface area contributed by atoms with Gasteiger partial charge in [0.15, 0.2) is 5.82 Å². The van der Waals surface area contributed by atoms with Gasteiger partial charge in [-0.15, -0.1) is 0 Å². The molecule has 3 N–H and O–H groups in total. The van der Waals surface area contributed by atoms with Crippen LogP contribution in [-0.2, 0) is 13.0 Å². The van der Waals surface area contributed by atoms with Crippen LogP contribution in [0.3, 0.4) is 0 Å². The molecular weight excluding hydrogens is 220 g/mol. The highest BCUT2D eigenvalue weighted by atomic mass is 16.5. The van der Waals surface area contributed by atoms with E-state index in [-0.39, 0.29) is 0 Å². The Kier molecular flexibility index (Phi) is 3.49. The second-order valence-electron chi connectivity index (χ2n) is 3.54. The number of nitrogen functional groups attached to an aromatic ring is 1. The Morgan fingerprint density at radius 3 is 2.94 bits per heavy atom. The Morgan fingerprint density at radius 2 is 2.24 bits per heavy atom. The zero-order valence-corrected chi connectivity index (χ0v) is 9.55. The molecule has 2 aromatic heterocycles. The van der Waals surface area contributed by atoms with E-state index in [0.29, 0.717) is 18.2 Å². The van der Waals surface area contributed by atoms with Crippen molar-refractivity contribution in [3.05, 3.63) is 24.1 Å². The van der Waals surface area contributed by atoms with E-state index in [2.05, 4.69) is 36.9 Å². The number of nitrogens with two attached hydrogens (primary N) is 1. The smallest absolute Gasteiger partial charge is 0.213 e. The van der Waals surface area contributed by atoms with Crippen molar-refractivity contribution >= 4 is 11.6 Å². The van der Waals surface area contributed by atoms with Gasteiger partial charge in [-0.1, -0.05) is 18.5 Å². The molecule has 2 aromatic rings. The first-order valence-corrected chi connectivity index (χ1v) is 5.39. The quantitative estimate of drug-likeness (QED) is 0.795. The fourth-order valence-corrected chi connectivity index (χ4v) is 1.51. The van der Waals surface area contributed by atoms with Gasteiger partial charge < -0.3 is 15.6 Å². The first-order valence-electron chi connectivity index (χ1n) is 5.39. The highest BCUT2D eigenvalue weighted by Crippen LogP contribution is 2.19. The summed E-state index contributed by atoms with van der Waals surface area (Å²) >= 11 is 0. The first kappa shape index (κ1) is 11.3. The van der Waals surface area contributed by atoms with Crippen LogP contribution in [0.2, 0.25) is 0 Å². The molecule has 0 fully saturated rings. The summed E-state index contributed by atoms with van der Waals surface area (Å²) in [4.78, 5) is 12.1. The van der Waals surface area contributed by atoms with Gasteiger partial charge in [-0.2, -0.15) is 4.98 Å². The van der Waals surface area contributed by atoms with Crippen molar-refractivity contribution in [2.45, 2.75) is 26.3 Å². The number of anilines is 2. The molecule has 0 aliphatic carbocycles. The molecule has 0 spiro atoms. The van der Waals surface area contributed by atoms with E-state index in [4.69, 9.17) is 5.73 Å². The maximum atomic E-state index is 5.82. The van der Waals surface area contributed by atoms with E-state index in [1.54, 1.807) is 0 Å². The van der Waals surface area contributed by atoms with Gasteiger partial charge >= 0.3 is 0 Å². The lowest BCUT2D eigenvalue weighted by atomic mass is 10.1. The second kappa shape index (κ2) is 5.24. The Balaban J connectivity index is 2.11. The van der Waals surface area contributed by atoms with Crippen LogP contribution in [0.1, 0.15) is 24.7 Å². The molecule has 0 amide bonds. The number of aromatic nitrogens is 4. The zero-order chi connectivity index (χ0) is 12.1. The van der Waals surface area contributed by atoms with Crippen molar-refractivity contribution in [3.8, 4) is 0 Å². The van der Waals surface area contributed by atoms with Crippen LogP contribution in [-0.4, -0.2) is 20.1 Å². The van der Waals surface area contributed by atoms with Crippen LogP contribution < -0.4 is 11.1 Å². The number of nitrogens with one attached hydrogen (secondary N) is 1. The summed E-state index contributed by atoms with van der Waals surface area (Å²) in [5.74, 6) is 1.81. The van der Waals surface area contributed by atoms with Crippen molar-refractivity contribution in [2.75, 3.05) is 11.1 Å². The van der Waals surface area contributed by atoms with E-state index in [9.17, 15) is 0 Å². The summed E-state index contributed by atoms with van der Waals surface area (Å²) in [7, 11) is 0. The predicted molar refractivity (Wildman–Crippen MR) is 62.1 cm³/mol. The van der Waals surface area contributed by atoms with E-state index < -0.39 is 0 Å². The highest BCUT2D eigenvalue weighted by molar-refractivity contribution is 5.54. The van der Waals surface area contributed by atoms with Crippen LogP contribution in [0.25, 0.3) is 0 Å². The lowest BCUT2D eigenvalue weighted by Crippen LogP contribution is -2.09. The van der Waals surface area contributed by atoms with Crippen LogP contribution in [0.4, 0.5) is 11.6 Å². The maximum absolute atomic E-state index is 5.82. The molecule has 2 heterocycles. The Labute approximate surface area is 98.5 Å². The van der Waals surface area contributed by atoms with Gasteiger partial charge in [0.2, 0.25) is 6.39 Å². The van der Waals surface area contributed by atoms with Crippen LogP contribution >= 0.6 is 0 Å². The van der Waals surface area contributed by atoms with Crippen molar-refractivity contribution in [1.29, 1.82) is 0 Å². The Morgan fingerprint density at radius 1 is 1.35 bits per heavy atom. The minimum absolute atomic E-state index is 0.448. The number of nitrogens with zero attached hydrogens (tertiary/aromatic N) is 4. The summed E-state index contributed by atoms with van der Waals surface area (Å²) in [5.41, 5.74) is 6.74. The summed E-state index contributed by atoms with van der Waals surface area (Å²) in [5, 5.41) is 6.83. The molecule has 0 radical (unpaired) electrons. The van der Waals surface area contributed by atoms with Gasteiger partial charge in [0.1, 0.15) is 18.0 Å². The summed E-state index contributed by atoms with van der Waals surface area (Å²) in [6.45, 7) is 2.53. The minimum Gasteiger partial charge on any atom is -0.383 e. The fourth-order valence-electron chi connectivity index (χ4n) is 1.51. The van der Waals surface area contributed by atoms with Gasteiger partial charge in [-0.3, -0.25) is 0 Å². The standard InChI is InChI=1S/C10H14N6O/c1-2-3-7-9(11)13-5-14-10(7)12-4-8-15-6-17-16-8/h5-6H,2-4H2,1H3,(H3,11,12,13,14). The average molecular weight is 234 g/mol. The molecule has 0 aromatic carbocycles. The number of rotatable bonds is 5. The molecule has 17 heavy (non-hydrogen) atoms. The topological polar surface area (TPSA) is 103 Å². The molecule has 0 unspecified atom stereocenters.